The number of hydrogen-bond acceptors (Lipinski definition) is 5. The molecule has 8 nitrogen and oxygen atoms in total. The van der Waals surface area contributed by atoms with Crippen LogP contribution in [0.15, 0.2) is 89.8 Å². The van der Waals surface area contributed by atoms with Crippen LogP contribution in [0.3, 0.4) is 0 Å². The third-order valence-corrected chi connectivity index (χ3v) is 7.94. The maximum atomic E-state index is 13.9. The first kappa shape index (κ1) is 27.1. The van der Waals surface area contributed by atoms with E-state index in [4.69, 9.17) is 0 Å². The van der Waals surface area contributed by atoms with E-state index in [9.17, 15) is 22.8 Å². The average Bonchev–Trinajstić information content (AvgIpc) is 3.07. The first-order chi connectivity index (χ1) is 18.0. The lowest BCUT2D eigenvalue weighted by molar-refractivity contribution is -0.141. The third kappa shape index (κ3) is 5.94. The highest BCUT2D eigenvalue weighted by Crippen LogP contribution is 2.30. The summed E-state index contributed by atoms with van der Waals surface area (Å²) in [6, 6.07) is 23.4. The van der Waals surface area contributed by atoms with E-state index >= 15 is 0 Å². The lowest BCUT2D eigenvalue weighted by Gasteiger charge is -2.34. The molecule has 1 aliphatic heterocycles. The molecule has 1 aliphatic rings. The molecule has 0 aromatic heterocycles. The van der Waals surface area contributed by atoms with E-state index in [1.54, 1.807) is 6.07 Å². The van der Waals surface area contributed by atoms with Crippen LogP contribution in [0.4, 0.5) is 0 Å². The fourth-order valence-corrected chi connectivity index (χ4v) is 5.91. The van der Waals surface area contributed by atoms with Crippen molar-refractivity contribution in [2.24, 2.45) is 0 Å². The number of benzene rings is 3. The normalized spacial score (nSPS) is 15.0. The monoisotopic (exact) mass is 533 g/mol. The summed E-state index contributed by atoms with van der Waals surface area (Å²) in [5, 5.41) is 2.96. The maximum Gasteiger partial charge on any atom is 0.269 e. The Morgan fingerprint density at radius 1 is 0.868 bits per heavy atom. The molecule has 9 heteroatoms. The molecule has 38 heavy (non-hydrogen) atoms. The van der Waals surface area contributed by atoms with Crippen molar-refractivity contribution in [2.75, 3.05) is 6.54 Å². The molecule has 4 rings (SSSR count). The molecule has 1 atom stereocenters. The molecule has 3 aromatic carbocycles. The molecule has 1 heterocycles. The van der Waals surface area contributed by atoms with Crippen LogP contribution in [0.2, 0.25) is 0 Å². The number of rotatable bonds is 8. The summed E-state index contributed by atoms with van der Waals surface area (Å²) in [5.41, 5.74) is 1.07. The van der Waals surface area contributed by atoms with Crippen molar-refractivity contribution in [1.82, 2.24) is 14.5 Å². The molecule has 3 aromatic rings. The van der Waals surface area contributed by atoms with Crippen LogP contribution in [0.5, 0.6) is 0 Å². The summed E-state index contributed by atoms with van der Waals surface area (Å²) in [6.07, 6.45) is 0.211. The molecule has 0 spiro atoms. The Balaban J connectivity index is 1.71. The largest absolute Gasteiger partial charge is 0.350 e. The highest BCUT2D eigenvalue weighted by molar-refractivity contribution is 7.90. The van der Waals surface area contributed by atoms with Gasteiger partial charge in [-0.05, 0) is 44.0 Å². The Bertz CT molecular complexity index is 1430. The molecular formula is C29H31N3O5S. The van der Waals surface area contributed by atoms with E-state index in [0.717, 1.165) is 11.1 Å². The van der Waals surface area contributed by atoms with Gasteiger partial charge in [0.25, 0.3) is 15.9 Å². The van der Waals surface area contributed by atoms with Gasteiger partial charge in [-0.15, -0.1) is 0 Å². The second kappa shape index (κ2) is 10.8. The molecule has 0 bridgehead atoms. The van der Waals surface area contributed by atoms with Gasteiger partial charge in [0.2, 0.25) is 11.8 Å². The second-order valence-corrected chi connectivity index (χ2v) is 12.1. The number of carbonyl (C=O) groups is 3. The number of hydrogen-bond donors (Lipinski definition) is 1. The smallest absolute Gasteiger partial charge is 0.269 e. The number of fused-ring (bicyclic) bond motifs is 1. The summed E-state index contributed by atoms with van der Waals surface area (Å²) < 4.78 is 26.9. The number of nitrogens with zero attached hydrogens (tertiary/aromatic N) is 2. The lowest BCUT2D eigenvalue weighted by atomic mass is 10.0. The fraction of sp³-hybridized carbons (Fsp3) is 0.276. The number of sulfonamides is 1. The maximum absolute atomic E-state index is 13.9. The lowest BCUT2D eigenvalue weighted by Crippen LogP contribution is -2.56. The Hall–Kier alpha value is -3.98. The minimum atomic E-state index is -4.19. The molecule has 1 N–H and O–H groups in total. The van der Waals surface area contributed by atoms with E-state index in [-0.39, 0.29) is 29.3 Å². The van der Waals surface area contributed by atoms with Crippen LogP contribution in [-0.4, -0.2) is 53.5 Å². The van der Waals surface area contributed by atoms with Gasteiger partial charge >= 0.3 is 0 Å². The van der Waals surface area contributed by atoms with Gasteiger partial charge in [0.1, 0.15) is 17.5 Å². The minimum Gasteiger partial charge on any atom is -0.350 e. The summed E-state index contributed by atoms with van der Waals surface area (Å²) >= 11 is 0. The number of carbonyl (C=O) groups excluding carboxylic acids is 3. The number of nitrogens with one attached hydrogen (secondary N) is 1. The summed E-state index contributed by atoms with van der Waals surface area (Å²) in [7, 11) is -4.19. The van der Waals surface area contributed by atoms with Crippen molar-refractivity contribution < 1.29 is 22.8 Å². The quantitative estimate of drug-likeness (QED) is 0.478. The molecule has 0 fully saturated rings. The molecule has 0 saturated carbocycles. The van der Waals surface area contributed by atoms with Crippen LogP contribution >= 0.6 is 0 Å². The highest BCUT2D eigenvalue weighted by Gasteiger charge is 2.43. The van der Waals surface area contributed by atoms with Gasteiger partial charge in [0.05, 0.1) is 5.56 Å². The van der Waals surface area contributed by atoms with Crippen LogP contribution in [0.25, 0.3) is 0 Å². The topological polar surface area (TPSA) is 104 Å². The summed E-state index contributed by atoms with van der Waals surface area (Å²) in [4.78, 5) is 41.7. The molecule has 0 unspecified atom stereocenters. The van der Waals surface area contributed by atoms with Gasteiger partial charge in [0.15, 0.2) is 0 Å². The van der Waals surface area contributed by atoms with Crippen LogP contribution in [0.1, 0.15) is 42.3 Å². The third-order valence-electron chi connectivity index (χ3n) is 6.16. The van der Waals surface area contributed by atoms with Gasteiger partial charge in [-0.25, -0.2) is 12.7 Å². The van der Waals surface area contributed by atoms with Crippen molar-refractivity contribution in [3.63, 3.8) is 0 Å². The minimum absolute atomic E-state index is 0.0289. The zero-order valence-electron chi connectivity index (χ0n) is 21.6. The van der Waals surface area contributed by atoms with Gasteiger partial charge in [-0.2, -0.15) is 0 Å². The first-order valence-electron chi connectivity index (χ1n) is 12.3. The van der Waals surface area contributed by atoms with Crippen molar-refractivity contribution >= 4 is 27.7 Å². The van der Waals surface area contributed by atoms with Crippen molar-refractivity contribution in [3.05, 3.63) is 102 Å². The number of amides is 3. The van der Waals surface area contributed by atoms with Crippen LogP contribution in [-0.2, 0) is 32.6 Å². The van der Waals surface area contributed by atoms with Gasteiger partial charge < -0.3 is 10.2 Å². The molecule has 3 amide bonds. The van der Waals surface area contributed by atoms with Gasteiger partial charge in [0, 0.05) is 18.5 Å². The standard InChI is InChI=1S/C29H31N3O5S/c1-29(2,3)30-27(34)24(18-21-12-6-4-7-13-21)31(19-22-14-8-5-9-15-22)26(33)20-32-28(35)23-16-10-11-17-25(23)38(32,36)37/h4-17,24H,18-20H2,1-3H3,(H,30,34)/t24-/m1/s1. The molecule has 0 saturated heterocycles. The van der Waals surface area contributed by atoms with E-state index in [0.29, 0.717) is 4.31 Å². The van der Waals surface area contributed by atoms with E-state index in [1.807, 2.05) is 81.4 Å². The summed E-state index contributed by atoms with van der Waals surface area (Å²) in [5.74, 6) is -1.78. The predicted octanol–water partition coefficient (Wildman–Crippen LogP) is 3.39. The SMILES string of the molecule is CC(C)(C)NC(=O)[C@@H](Cc1ccccc1)N(Cc1ccccc1)C(=O)CN1C(=O)c2ccccc2S1(=O)=O. The Morgan fingerprint density at radius 2 is 1.42 bits per heavy atom. The Kier molecular flexibility index (Phi) is 7.68. The second-order valence-electron chi connectivity index (χ2n) is 10.3. The van der Waals surface area contributed by atoms with Crippen molar-refractivity contribution in [3.8, 4) is 0 Å². The van der Waals surface area contributed by atoms with E-state index in [2.05, 4.69) is 5.32 Å². The molecule has 0 radical (unpaired) electrons. The molecular weight excluding hydrogens is 502 g/mol. The van der Waals surface area contributed by atoms with E-state index in [1.165, 1.54) is 23.1 Å². The van der Waals surface area contributed by atoms with Crippen LogP contribution < -0.4 is 5.32 Å². The van der Waals surface area contributed by atoms with Crippen molar-refractivity contribution in [1.29, 1.82) is 0 Å². The van der Waals surface area contributed by atoms with Crippen molar-refractivity contribution in [2.45, 2.75) is 50.2 Å². The zero-order chi connectivity index (χ0) is 27.5. The Morgan fingerprint density at radius 3 is 2.00 bits per heavy atom. The van der Waals surface area contributed by atoms with Gasteiger partial charge in [-0.1, -0.05) is 72.8 Å². The first-order valence-corrected chi connectivity index (χ1v) is 13.8. The predicted molar refractivity (Wildman–Crippen MR) is 143 cm³/mol. The molecule has 198 valence electrons. The Labute approximate surface area is 223 Å². The summed E-state index contributed by atoms with van der Waals surface area (Å²) in [6.45, 7) is 4.89. The van der Waals surface area contributed by atoms with Gasteiger partial charge in [-0.3, -0.25) is 14.4 Å². The average molecular weight is 534 g/mol. The van der Waals surface area contributed by atoms with E-state index < -0.39 is 40.0 Å². The fourth-order valence-electron chi connectivity index (χ4n) is 4.39. The molecule has 0 aliphatic carbocycles. The zero-order valence-corrected chi connectivity index (χ0v) is 22.4. The van der Waals surface area contributed by atoms with Crippen LogP contribution in [0, 0.1) is 0 Å². The highest BCUT2D eigenvalue weighted by atomic mass is 32.2.